The van der Waals surface area contributed by atoms with Gasteiger partial charge >= 0.3 is 5.97 Å². The second kappa shape index (κ2) is 8.58. The molecule has 9 heteroatoms. The number of anilines is 1. The van der Waals surface area contributed by atoms with E-state index in [4.69, 9.17) is 33.3 Å². The molecule has 1 aliphatic rings. The molecule has 2 aromatic heterocycles. The number of aromatic nitrogens is 3. The summed E-state index contributed by atoms with van der Waals surface area (Å²) in [5.41, 5.74) is 3.82. The van der Waals surface area contributed by atoms with Crippen molar-refractivity contribution in [3.8, 4) is 22.4 Å². The van der Waals surface area contributed by atoms with Crippen molar-refractivity contribution in [1.29, 1.82) is 0 Å². The summed E-state index contributed by atoms with van der Waals surface area (Å²) in [5, 5.41) is 19.1. The first-order valence-corrected chi connectivity index (χ1v) is 11.7. The van der Waals surface area contributed by atoms with Crippen LogP contribution in [-0.4, -0.2) is 50.8 Å². The number of carboxylic acids is 1. The minimum absolute atomic E-state index is 0.327. The molecule has 0 amide bonds. The number of fused-ring (bicyclic) bond motifs is 1. The number of aryl methyl sites for hydroxylation is 1. The normalized spacial score (nSPS) is 14.9. The van der Waals surface area contributed by atoms with E-state index in [1.807, 2.05) is 67.3 Å². The highest BCUT2D eigenvalue weighted by Crippen LogP contribution is 2.40. The van der Waals surface area contributed by atoms with Gasteiger partial charge in [0.1, 0.15) is 11.5 Å². The van der Waals surface area contributed by atoms with Gasteiger partial charge in [-0.25, -0.2) is 4.98 Å². The molecular weight excluding hydrogens is 473 g/mol. The predicted octanol–water partition coefficient (Wildman–Crippen LogP) is 4.93. The zero-order valence-electron chi connectivity index (χ0n) is 18.7. The van der Waals surface area contributed by atoms with Crippen molar-refractivity contribution in [2.75, 3.05) is 24.5 Å². The number of nitrogens with zero attached hydrogens (tertiary/aromatic N) is 4. The fourth-order valence-corrected chi connectivity index (χ4v) is 4.93. The molecule has 0 spiro atoms. The Morgan fingerprint density at radius 1 is 1.15 bits per heavy atom. The molecule has 174 valence electrons. The molecule has 0 unspecified atom stereocenters. The molecule has 3 heterocycles. The summed E-state index contributed by atoms with van der Waals surface area (Å²) in [6, 6.07) is 15.1. The van der Waals surface area contributed by atoms with Crippen LogP contribution in [0.15, 0.2) is 54.7 Å². The van der Waals surface area contributed by atoms with Gasteiger partial charge in [0.15, 0.2) is 11.2 Å². The summed E-state index contributed by atoms with van der Waals surface area (Å²) >= 11 is 12.7. The highest BCUT2D eigenvalue weighted by Gasteiger charge is 2.50. The summed E-state index contributed by atoms with van der Waals surface area (Å²) in [6.07, 6.45) is 1.80. The van der Waals surface area contributed by atoms with Crippen LogP contribution in [0.25, 0.3) is 28.0 Å². The van der Waals surface area contributed by atoms with Crippen LogP contribution >= 0.6 is 23.2 Å². The third kappa shape index (κ3) is 3.60. The summed E-state index contributed by atoms with van der Waals surface area (Å²) in [5.74, 6) is -0.0408. The molecule has 0 radical (unpaired) electrons. The molecule has 7 nitrogen and oxygen atoms in total. The highest BCUT2D eigenvalue weighted by atomic mass is 35.5. The van der Waals surface area contributed by atoms with Gasteiger partial charge in [0.05, 0.1) is 23.7 Å². The number of hydrogen-bond acceptors (Lipinski definition) is 5. The molecule has 2 aromatic carbocycles. The van der Waals surface area contributed by atoms with Crippen LogP contribution in [0.5, 0.6) is 0 Å². The smallest absolute Gasteiger partial charge is 0.327 e. The van der Waals surface area contributed by atoms with Crippen LogP contribution in [0.4, 0.5) is 5.82 Å². The molecule has 0 bridgehead atoms. The van der Waals surface area contributed by atoms with Gasteiger partial charge in [-0.1, -0.05) is 60.5 Å². The largest absolute Gasteiger partial charge is 0.480 e. The Balaban J connectivity index is 1.72. The van der Waals surface area contributed by atoms with Gasteiger partial charge in [0, 0.05) is 22.3 Å². The number of hydrogen-bond donors (Lipinski definition) is 2. The zero-order chi connectivity index (χ0) is 24.0. The van der Waals surface area contributed by atoms with Crippen molar-refractivity contribution < 1.29 is 9.90 Å². The third-order valence-electron chi connectivity index (χ3n) is 6.20. The third-order valence-corrected chi connectivity index (χ3v) is 6.78. The Morgan fingerprint density at radius 3 is 2.50 bits per heavy atom. The van der Waals surface area contributed by atoms with Crippen LogP contribution in [0.1, 0.15) is 12.5 Å². The molecule has 5 rings (SSSR count). The maximum atomic E-state index is 12.0. The van der Waals surface area contributed by atoms with Gasteiger partial charge < -0.3 is 10.0 Å². The molecule has 4 aromatic rings. The number of halogens is 2. The molecule has 0 saturated carbocycles. The number of benzene rings is 2. The van der Waals surface area contributed by atoms with Gasteiger partial charge in [0.25, 0.3) is 0 Å². The highest BCUT2D eigenvalue weighted by molar-refractivity contribution is 6.33. The second-order valence-corrected chi connectivity index (χ2v) is 9.33. The Bertz CT molecular complexity index is 1390. The quantitative estimate of drug-likeness (QED) is 0.394. The van der Waals surface area contributed by atoms with Crippen molar-refractivity contribution in [2.45, 2.75) is 19.4 Å². The number of carbonyl (C=O) groups is 1. The first kappa shape index (κ1) is 22.7. The van der Waals surface area contributed by atoms with E-state index >= 15 is 0 Å². The fraction of sp³-hybridized carbons (Fsp3) is 0.240. The Hall–Kier alpha value is -3.13. The van der Waals surface area contributed by atoms with Crippen LogP contribution < -0.4 is 10.2 Å². The predicted molar refractivity (Wildman–Crippen MR) is 135 cm³/mol. The SMILES string of the molecule is CCNC1(C(=O)O)CN(c2c(C)cnc3c(-c4ccc(Cl)cc4)c(-c4ccccc4Cl)nn23)C1. The molecule has 0 atom stereocenters. The van der Waals surface area contributed by atoms with E-state index in [0.717, 1.165) is 28.1 Å². The van der Waals surface area contributed by atoms with E-state index < -0.39 is 11.5 Å². The Kier molecular flexibility index (Phi) is 5.72. The Morgan fingerprint density at radius 2 is 1.85 bits per heavy atom. The van der Waals surface area contributed by atoms with E-state index in [1.54, 1.807) is 10.7 Å². The average Bonchev–Trinajstić information content (AvgIpc) is 3.16. The minimum Gasteiger partial charge on any atom is -0.480 e. The van der Waals surface area contributed by atoms with Gasteiger partial charge in [-0.3, -0.25) is 10.1 Å². The lowest BCUT2D eigenvalue weighted by Crippen LogP contribution is -2.73. The standard InChI is InChI=1S/C25H23Cl2N5O2/c1-3-29-25(24(33)34)13-31(14-25)23-15(2)12-28-22-20(16-8-10-17(26)11-9-16)21(30-32(22)23)18-6-4-5-7-19(18)27/h4-12,29H,3,13-14H2,1-2H3,(H,33,34). The fourth-order valence-electron chi connectivity index (χ4n) is 4.58. The summed E-state index contributed by atoms with van der Waals surface area (Å²) in [6.45, 7) is 5.09. The molecule has 1 fully saturated rings. The first-order chi connectivity index (χ1) is 16.3. The lowest BCUT2D eigenvalue weighted by molar-refractivity contribution is -0.146. The minimum atomic E-state index is -0.978. The zero-order valence-corrected chi connectivity index (χ0v) is 20.2. The molecule has 0 aliphatic carbocycles. The summed E-state index contributed by atoms with van der Waals surface area (Å²) in [4.78, 5) is 18.7. The number of carboxylic acid groups (broad SMARTS) is 1. The molecular formula is C25H23Cl2N5O2. The van der Waals surface area contributed by atoms with E-state index in [9.17, 15) is 9.90 Å². The first-order valence-electron chi connectivity index (χ1n) is 11.0. The maximum absolute atomic E-state index is 12.0. The van der Waals surface area contributed by atoms with Crippen LogP contribution in [0, 0.1) is 6.92 Å². The van der Waals surface area contributed by atoms with Crippen molar-refractivity contribution in [1.82, 2.24) is 19.9 Å². The maximum Gasteiger partial charge on any atom is 0.327 e. The van der Waals surface area contributed by atoms with Crippen molar-refractivity contribution in [3.05, 3.63) is 70.3 Å². The summed E-state index contributed by atoms with van der Waals surface area (Å²) < 4.78 is 1.80. The van der Waals surface area contributed by atoms with Crippen LogP contribution in [0.3, 0.4) is 0 Å². The van der Waals surface area contributed by atoms with Crippen molar-refractivity contribution in [3.63, 3.8) is 0 Å². The van der Waals surface area contributed by atoms with Gasteiger partial charge in [-0.15, -0.1) is 0 Å². The molecule has 1 saturated heterocycles. The molecule has 34 heavy (non-hydrogen) atoms. The molecule has 1 aliphatic heterocycles. The number of nitrogens with one attached hydrogen (secondary N) is 1. The van der Waals surface area contributed by atoms with E-state index in [-0.39, 0.29) is 0 Å². The number of rotatable bonds is 6. The van der Waals surface area contributed by atoms with Crippen LogP contribution in [-0.2, 0) is 4.79 Å². The second-order valence-electron chi connectivity index (χ2n) is 8.48. The Labute approximate surface area is 206 Å². The topological polar surface area (TPSA) is 82.8 Å². The van der Waals surface area contributed by atoms with Crippen LogP contribution in [0.2, 0.25) is 10.0 Å². The van der Waals surface area contributed by atoms with E-state index in [0.29, 0.717) is 41.0 Å². The average molecular weight is 496 g/mol. The van der Waals surface area contributed by atoms with Crippen molar-refractivity contribution in [2.24, 2.45) is 0 Å². The van der Waals surface area contributed by atoms with Gasteiger partial charge in [-0.2, -0.15) is 9.61 Å². The van der Waals surface area contributed by atoms with E-state index in [1.165, 1.54) is 0 Å². The van der Waals surface area contributed by atoms with Gasteiger partial charge in [0.2, 0.25) is 0 Å². The van der Waals surface area contributed by atoms with E-state index in [2.05, 4.69) is 5.32 Å². The number of aliphatic carboxylic acids is 1. The summed E-state index contributed by atoms with van der Waals surface area (Å²) in [7, 11) is 0. The lowest BCUT2D eigenvalue weighted by atomic mass is 9.89. The number of likely N-dealkylation sites (N-methyl/N-ethyl adjacent to an activating group) is 1. The van der Waals surface area contributed by atoms with Crippen molar-refractivity contribution >= 4 is 40.6 Å². The lowest BCUT2D eigenvalue weighted by Gasteiger charge is -2.48. The van der Waals surface area contributed by atoms with Gasteiger partial charge in [-0.05, 0) is 37.2 Å². The monoisotopic (exact) mass is 495 g/mol. The molecule has 2 N–H and O–H groups in total.